The second kappa shape index (κ2) is 1.96. The second-order valence-corrected chi connectivity index (χ2v) is 3.21. The van der Waals surface area contributed by atoms with E-state index in [0.717, 1.165) is 12.8 Å². The lowest BCUT2D eigenvalue weighted by Gasteiger charge is -2.50. The Morgan fingerprint density at radius 3 is 2.33 bits per heavy atom. The van der Waals surface area contributed by atoms with Crippen molar-refractivity contribution in [1.29, 1.82) is 0 Å². The molecule has 4 N–H and O–H groups in total. The number of hydrogen-bond donors (Lipinski definition) is 2. The Morgan fingerprint density at radius 2 is 2.22 bits per heavy atom. The summed E-state index contributed by atoms with van der Waals surface area (Å²) in [6.07, 6.45) is 2.11. The third-order valence-electron chi connectivity index (χ3n) is 2.83. The van der Waals surface area contributed by atoms with Crippen molar-refractivity contribution < 1.29 is 0 Å². The van der Waals surface area contributed by atoms with Gasteiger partial charge in [0, 0.05) is 11.6 Å². The van der Waals surface area contributed by atoms with Gasteiger partial charge in [-0.25, -0.2) is 0 Å². The third-order valence-corrected chi connectivity index (χ3v) is 2.83. The number of nitrogens with two attached hydrogens (primary N) is 2. The van der Waals surface area contributed by atoms with Crippen LogP contribution in [0.15, 0.2) is 0 Å². The van der Waals surface area contributed by atoms with Gasteiger partial charge in [-0.2, -0.15) is 0 Å². The van der Waals surface area contributed by atoms with Crippen LogP contribution in [0.4, 0.5) is 0 Å². The second-order valence-electron chi connectivity index (χ2n) is 3.21. The molecule has 9 heavy (non-hydrogen) atoms. The molecule has 1 saturated carbocycles. The first kappa shape index (κ1) is 7.03. The Labute approximate surface area is 56.6 Å². The SMILES string of the molecule is CCC1(N)C(C)CC1N. The molecule has 0 amide bonds. The third kappa shape index (κ3) is 0.775. The van der Waals surface area contributed by atoms with Gasteiger partial charge in [-0.15, -0.1) is 0 Å². The van der Waals surface area contributed by atoms with Crippen LogP contribution in [0, 0.1) is 5.92 Å². The van der Waals surface area contributed by atoms with Gasteiger partial charge in [0.1, 0.15) is 0 Å². The van der Waals surface area contributed by atoms with Crippen LogP contribution < -0.4 is 11.5 Å². The predicted molar refractivity (Wildman–Crippen MR) is 39.0 cm³/mol. The molecule has 2 nitrogen and oxygen atoms in total. The summed E-state index contributed by atoms with van der Waals surface area (Å²) in [6.45, 7) is 4.28. The lowest BCUT2D eigenvalue weighted by atomic mass is 9.63. The van der Waals surface area contributed by atoms with Crippen molar-refractivity contribution in [1.82, 2.24) is 0 Å². The summed E-state index contributed by atoms with van der Waals surface area (Å²) in [4.78, 5) is 0. The van der Waals surface area contributed by atoms with Crippen LogP contribution in [-0.4, -0.2) is 11.6 Å². The molecule has 1 fully saturated rings. The fourth-order valence-electron chi connectivity index (χ4n) is 1.64. The summed E-state index contributed by atoms with van der Waals surface area (Å²) < 4.78 is 0. The van der Waals surface area contributed by atoms with Gasteiger partial charge in [0.2, 0.25) is 0 Å². The maximum atomic E-state index is 5.96. The molecule has 0 aromatic carbocycles. The summed E-state index contributed by atoms with van der Waals surface area (Å²) >= 11 is 0. The van der Waals surface area contributed by atoms with Gasteiger partial charge in [0.25, 0.3) is 0 Å². The molecular weight excluding hydrogens is 112 g/mol. The number of hydrogen-bond acceptors (Lipinski definition) is 2. The first-order valence-corrected chi connectivity index (χ1v) is 3.65. The summed E-state index contributed by atoms with van der Waals surface area (Å²) in [5.41, 5.74) is 11.7. The van der Waals surface area contributed by atoms with E-state index in [1.54, 1.807) is 0 Å². The van der Waals surface area contributed by atoms with Crippen LogP contribution >= 0.6 is 0 Å². The molecule has 0 aromatic rings. The molecule has 0 radical (unpaired) electrons. The molecule has 0 saturated heterocycles. The quantitative estimate of drug-likeness (QED) is 0.539. The minimum Gasteiger partial charge on any atom is -0.326 e. The maximum Gasteiger partial charge on any atom is 0.0331 e. The minimum absolute atomic E-state index is 0.0417. The monoisotopic (exact) mass is 128 g/mol. The van der Waals surface area contributed by atoms with Crippen LogP contribution in [0.3, 0.4) is 0 Å². The van der Waals surface area contributed by atoms with E-state index in [2.05, 4.69) is 13.8 Å². The van der Waals surface area contributed by atoms with Crippen molar-refractivity contribution in [2.24, 2.45) is 17.4 Å². The van der Waals surface area contributed by atoms with Crippen molar-refractivity contribution in [3.8, 4) is 0 Å². The molecule has 2 heteroatoms. The van der Waals surface area contributed by atoms with Gasteiger partial charge >= 0.3 is 0 Å². The zero-order valence-electron chi connectivity index (χ0n) is 6.22. The first-order valence-electron chi connectivity index (χ1n) is 3.65. The highest BCUT2D eigenvalue weighted by atomic mass is 14.9. The van der Waals surface area contributed by atoms with E-state index in [0.29, 0.717) is 5.92 Å². The molecule has 0 aromatic heterocycles. The molecule has 54 valence electrons. The molecular formula is C7H16N2. The van der Waals surface area contributed by atoms with Crippen molar-refractivity contribution in [2.75, 3.05) is 0 Å². The van der Waals surface area contributed by atoms with Gasteiger partial charge < -0.3 is 11.5 Å². The van der Waals surface area contributed by atoms with Crippen LogP contribution in [-0.2, 0) is 0 Å². The van der Waals surface area contributed by atoms with Gasteiger partial charge in [0.05, 0.1) is 0 Å². The lowest BCUT2D eigenvalue weighted by molar-refractivity contribution is 0.102. The largest absolute Gasteiger partial charge is 0.326 e. The van der Waals surface area contributed by atoms with E-state index >= 15 is 0 Å². The Morgan fingerprint density at radius 1 is 1.67 bits per heavy atom. The highest BCUT2D eigenvalue weighted by Crippen LogP contribution is 2.37. The Hall–Kier alpha value is -0.0800. The van der Waals surface area contributed by atoms with Crippen molar-refractivity contribution in [3.05, 3.63) is 0 Å². The van der Waals surface area contributed by atoms with Crippen LogP contribution in [0.1, 0.15) is 26.7 Å². The molecule has 1 aliphatic rings. The average Bonchev–Trinajstić information content (AvgIpc) is 1.87. The van der Waals surface area contributed by atoms with E-state index in [1.165, 1.54) is 0 Å². The summed E-state index contributed by atoms with van der Waals surface area (Å²) in [7, 11) is 0. The standard InChI is InChI=1S/C7H16N2/c1-3-7(9)5(2)4-6(7)8/h5-6H,3-4,8-9H2,1-2H3. The fraction of sp³-hybridized carbons (Fsp3) is 1.00. The van der Waals surface area contributed by atoms with Crippen molar-refractivity contribution in [2.45, 2.75) is 38.3 Å². The average molecular weight is 128 g/mol. The maximum absolute atomic E-state index is 5.96. The van der Waals surface area contributed by atoms with Crippen LogP contribution in [0.2, 0.25) is 0 Å². The topological polar surface area (TPSA) is 52.0 Å². The number of rotatable bonds is 1. The molecule has 0 aliphatic heterocycles. The molecule has 3 atom stereocenters. The Balaban J connectivity index is 2.55. The summed E-state index contributed by atoms with van der Waals surface area (Å²) in [5, 5.41) is 0. The van der Waals surface area contributed by atoms with Gasteiger partial charge in [-0.3, -0.25) is 0 Å². The highest BCUT2D eigenvalue weighted by molar-refractivity contribution is 5.07. The van der Waals surface area contributed by atoms with E-state index in [4.69, 9.17) is 11.5 Å². The summed E-state index contributed by atoms with van der Waals surface area (Å²) in [6, 6.07) is 0.248. The molecule has 0 bridgehead atoms. The molecule has 0 spiro atoms. The van der Waals surface area contributed by atoms with Crippen molar-refractivity contribution >= 4 is 0 Å². The first-order chi connectivity index (χ1) is 4.11. The minimum atomic E-state index is -0.0417. The smallest absolute Gasteiger partial charge is 0.0331 e. The highest BCUT2D eigenvalue weighted by Gasteiger charge is 2.45. The predicted octanol–water partition coefficient (Wildman–Crippen LogP) is 0.461. The van der Waals surface area contributed by atoms with E-state index in [-0.39, 0.29) is 11.6 Å². The van der Waals surface area contributed by atoms with Gasteiger partial charge in [-0.1, -0.05) is 13.8 Å². The van der Waals surface area contributed by atoms with Crippen molar-refractivity contribution in [3.63, 3.8) is 0 Å². The van der Waals surface area contributed by atoms with E-state index in [9.17, 15) is 0 Å². The Bertz CT molecular complexity index is 103. The molecule has 0 heterocycles. The normalized spacial score (nSPS) is 50.7. The fourth-order valence-corrected chi connectivity index (χ4v) is 1.64. The Kier molecular flexibility index (Phi) is 1.53. The summed E-state index contributed by atoms with van der Waals surface area (Å²) in [5.74, 6) is 0.623. The molecule has 3 unspecified atom stereocenters. The van der Waals surface area contributed by atoms with E-state index in [1.807, 2.05) is 0 Å². The van der Waals surface area contributed by atoms with Gasteiger partial charge in [-0.05, 0) is 18.8 Å². The van der Waals surface area contributed by atoms with Crippen LogP contribution in [0.25, 0.3) is 0 Å². The lowest BCUT2D eigenvalue weighted by Crippen LogP contribution is -2.68. The van der Waals surface area contributed by atoms with Gasteiger partial charge in [0.15, 0.2) is 0 Å². The van der Waals surface area contributed by atoms with E-state index < -0.39 is 0 Å². The molecule has 1 aliphatic carbocycles. The molecule has 1 rings (SSSR count). The van der Waals surface area contributed by atoms with Crippen LogP contribution in [0.5, 0.6) is 0 Å². The zero-order valence-corrected chi connectivity index (χ0v) is 6.22. The zero-order chi connectivity index (χ0) is 7.07.